The number of halogens is 1. The topological polar surface area (TPSA) is 113 Å². The quantitative estimate of drug-likeness (QED) is 0.325. The molecule has 0 amide bonds. The van der Waals surface area contributed by atoms with E-state index in [4.69, 9.17) is 15.8 Å². The Balaban J connectivity index is 2.51. The van der Waals surface area contributed by atoms with Gasteiger partial charge in [-0.1, -0.05) is 41.9 Å². The lowest BCUT2D eigenvalue weighted by molar-refractivity contribution is -0.387. The van der Waals surface area contributed by atoms with Crippen LogP contribution < -0.4 is 0 Å². The van der Waals surface area contributed by atoms with E-state index in [2.05, 4.69) is 4.74 Å². The minimum Gasteiger partial charge on any atom is -0.467 e. The van der Waals surface area contributed by atoms with Crippen LogP contribution in [0.15, 0.2) is 53.4 Å². The summed E-state index contributed by atoms with van der Waals surface area (Å²) in [6, 6.07) is 10.6. The summed E-state index contributed by atoms with van der Waals surface area (Å²) in [5, 5.41) is 11.1. The van der Waals surface area contributed by atoms with Gasteiger partial charge in [0.05, 0.1) is 12.0 Å². The van der Waals surface area contributed by atoms with Crippen molar-refractivity contribution in [3.05, 3.63) is 69.2 Å². The van der Waals surface area contributed by atoms with E-state index in [1.165, 1.54) is 30.3 Å². The maximum absolute atomic E-state index is 12.5. The Labute approximate surface area is 148 Å². The fourth-order valence-corrected chi connectivity index (χ4v) is 3.43. The van der Waals surface area contributed by atoms with Crippen molar-refractivity contribution in [2.45, 2.75) is 11.0 Å². The summed E-state index contributed by atoms with van der Waals surface area (Å²) >= 11 is 5.99. The zero-order chi connectivity index (χ0) is 18.6. The van der Waals surface area contributed by atoms with Crippen LogP contribution in [0.5, 0.6) is 0 Å². The van der Waals surface area contributed by atoms with E-state index in [1.807, 2.05) is 0 Å². The molecular weight excluding hydrogens is 374 g/mol. The van der Waals surface area contributed by atoms with Gasteiger partial charge in [0, 0.05) is 16.7 Å². The Morgan fingerprint density at radius 1 is 1.16 bits per heavy atom. The Bertz CT molecular complexity index is 914. The van der Waals surface area contributed by atoms with Crippen molar-refractivity contribution in [1.82, 2.24) is 0 Å². The third-order valence-electron chi connectivity index (χ3n) is 3.16. The van der Waals surface area contributed by atoms with Crippen LogP contribution in [0.25, 0.3) is 0 Å². The molecule has 2 rings (SSSR count). The van der Waals surface area contributed by atoms with Crippen molar-refractivity contribution in [2.75, 3.05) is 7.11 Å². The van der Waals surface area contributed by atoms with Gasteiger partial charge in [0.25, 0.3) is 5.69 Å². The Morgan fingerprint density at radius 2 is 1.76 bits per heavy atom. The summed E-state index contributed by atoms with van der Waals surface area (Å²) in [5.74, 6) is -1.02. The average Bonchev–Trinajstić information content (AvgIpc) is 2.59. The first kappa shape index (κ1) is 18.8. The van der Waals surface area contributed by atoms with Crippen LogP contribution in [-0.2, 0) is 23.8 Å². The van der Waals surface area contributed by atoms with Gasteiger partial charge in [-0.05, 0) is 12.1 Å². The van der Waals surface area contributed by atoms with Gasteiger partial charge in [-0.15, -0.1) is 0 Å². The zero-order valence-corrected chi connectivity index (χ0v) is 14.4. The Hall–Kier alpha value is -2.49. The summed E-state index contributed by atoms with van der Waals surface area (Å²) in [5.41, 5.74) is -0.622. The van der Waals surface area contributed by atoms with Crippen LogP contribution in [0, 0.1) is 10.1 Å². The second kappa shape index (κ2) is 7.60. The molecule has 132 valence electrons. The molecule has 0 spiro atoms. The minimum atomic E-state index is -4.66. The van der Waals surface area contributed by atoms with E-state index < -0.39 is 37.7 Å². The van der Waals surface area contributed by atoms with Crippen molar-refractivity contribution in [1.29, 1.82) is 0 Å². The molecule has 0 fully saturated rings. The standard InChI is InChI=1S/C15H12ClNO7S/c1-23-15(18)14(10-6-2-3-7-11(10)16)24-25(21,22)13-9-5-4-8-12(13)17(19)20/h2-9,14H,1H3. The number of carbonyl (C=O) groups excluding carboxylic acids is 1. The fourth-order valence-electron chi connectivity index (χ4n) is 2.01. The van der Waals surface area contributed by atoms with Gasteiger partial charge in [-0.25, -0.2) is 8.98 Å². The number of nitrogens with zero attached hydrogens (tertiary/aromatic N) is 1. The molecule has 0 saturated heterocycles. The van der Waals surface area contributed by atoms with Crippen LogP contribution in [-0.4, -0.2) is 26.4 Å². The molecule has 0 saturated carbocycles. The average molecular weight is 386 g/mol. The van der Waals surface area contributed by atoms with Gasteiger partial charge in [-0.3, -0.25) is 10.1 Å². The molecule has 0 radical (unpaired) electrons. The third-order valence-corrected chi connectivity index (χ3v) is 4.83. The molecule has 0 heterocycles. The molecule has 1 atom stereocenters. The number of para-hydroxylation sites is 1. The van der Waals surface area contributed by atoms with Crippen molar-refractivity contribution < 1.29 is 27.1 Å². The highest BCUT2D eigenvalue weighted by Gasteiger charge is 2.34. The van der Waals surface area contributed by atoms with E-state index in [9.17, 15) is 23.3 Å². The SMILES string of the molecule is COC(=O)C(OS(=O)(=O)c1ccccc1[N+](=O)[O-])c1ccccc1Cl. The van der Waals surface area contributed by atoms with Gasteiger partial charge in [-0.2, -0.15) is 8.42 Å². The summed E-state index contributed by atoms with van der Waals surface area (Å²) < 4.78 is 34.5. The molecule has 25 heavy (non-hydrogen) atoms. The molecule has 10 heteroatoms. The van der Waals surface area contributed by atoms with E-state index in [1.54, 1.807) is 6.07 Å². The van der Waals surface area contributed by atoms with E-state index >= 15 is 0 Å². The smallest absolute Gasteiger partial charge is 0.341 e. The molecule has 1 unspecified atom stereocenters. The highest BCUT2D eigenvalue weighted by Crippen LogP contribution is 2.32. The van der Waals surface area contributed by atoms with Crippen LogP contribution in [0.4, 0.5) is 5.69 Å². The van der Waals surface area contributed by atoms with Crippen LogP contribution in [0.1, 0.15) is 11.7 Å². The van der Waals surface area contributed by atoms with Gasteiger partial charge in [0.2, 0.25) is 6.10 Å². The lowest BCUT2D eigenvalue weighted by Crippen LogP contribution is -2.22. The molecular formula is C15H12ClNO7S. The number of hydrogen-bond acceptors (Lipinski definition) is 7. The summed E-state index contributed by atoms with van der Waals surface area (Å²) in [6.07, 6.45) is -1.71. The number of methoxy groups -OCH3 is 1. The van der Waals surface area contributed by atoms with Crippen molar-refractivity contribution in [3.8, 4) is 0 Å². The summed E-state index contributed by atoms with van der Waals surface area (Å²) in [7, 11) is -3.61. The Kier molecular flexibility index (Phi) is 5.73. The molecule has 2 aromatic rings. The number of nitro benzene ring substituents is 1. The van der Waals surface area contributed by atoms with E-state index in [0.29, 0.717) is 0 Å². The van der Waals surface area contributed by atoms with E-state index in [0.717, 1.165) is 19.2 Å². The maximum Gasteiger partial charge on any atom is 0.341 e. The Morgan fingerprint density at radius 3 is 2.36 bits per heavy atom. The number of nitro groups is 1. The van der Waals surface area contributed by atoms with Crippen molar-refractivity contribution >= 4 is 33.4 Å². The summed E-state index contributed by atoms with van der Waals surface area (Å²) in [4.78, 5) is 21.5. The molecule has 0 aliphatic rings. The van der Waals surface area contributed by atoms with Crippen molar-refractivity contribution in [3.63, 3.8) is 0 Å². The predicted molar refractivity (Wildman–Crippen MR) is 87.6 cm³/mol. The van der Waals surface area contributed by atoms with Gasteiger partial charge < -0.3 is 4.74 Å². The highest BCUT2D eigenvalue weighted by atomic mass is 35.5. The number of ether oxygens (including phenoxy) is 1. The van der Waals surface area contributed by atoms with Gasteiger partial charge in [0.15, 0.2) is 4.90 Å². The molecule has 0 aromatic heterocycles. The normalized spacial score (nSPS) is 12.4. The third kappa shape index (κ3) is 4.13. The number of benzene rings is 2. The number of esters is 1. The highest BCUT2D eigenvalue weighted by molar-refractivity contribution is 7.87. The first-order valence-corrected chi connectivity index (χ1v) is 8.55. The molecule has 8 nitrogen and oxygen atoms in total. The fraction of sp³-hybridized carbons (Fsp3) is 0.133. The second-order valence-electron chi connectivity index (χ2n) is 4.70. The first-order valence-electron chi connectivity index (χ1n) is 6.77. The predicted octanol–water partition coefficient (Wildman–Crippen LogP) is 2.87. The molecule has 0 bridgehead atoms. The number of rotatable bonds is 6. The van der Waals surface area contributed by atoms with Gasteiger partial charge in [0.1, 0.15) is 0 Å². The molecule has 2 aromatic carbocycles. The maximum atomic E-state index is 12.5. The monoisotopic (exact) mass is 385 g/mol. The van der Waals surface area contributed by atoms with Crippen LogP contribution in [0.2, 0.25) is 5.02 Å². The zero-order valence-electron chi connectivity index (χ0n) is 12.8. The van der Waals surface area contributed by atoms with Crippen LogP contribution in [0.3, 0.4) is 0 Å². The second-order valence-corrected chi connectivity index (χ2v) is 6.65. The molecule has 0 aliphatic carbocycles. The van der Waals surface area contributed by atoms with Gasteiger partial charge >= 0.3 is 16.1 Å². The van der Waals surface area contributed by atoms with E-state index in [-0.39, 0.29) is 10.6 Å². The molecule has 0 N–H and O–H groups in total. The molecule has 0 aliphatic heterocycles. The first-order chi connectivity index (χ1) is 11.8. The summed E-state index contributed by atoms with van der Waals surface area (Å²) in [6.45, 7) is 0. The lowest BCUT2D eigenvalue weighted by Gasteiger charge is -2.16. The van der Waals surface area contributed by atoms with Crippen molar-refractivity contribution in [2.24, 2.45) is 0 Å². The number of carbonyl (C=O) groups is 1. The number of hydrogen-bond donors (Lipinski definition) is 0. The van der Waals surface area contributed by atoms with Crippen LogP contribution >= 0.6 is 11.6 Å². The minimum absolute atomic E-state index is 0.0539. The largest absolute Gasteiger partial charge is 0.467 e. The lowest BCUT2D eigenvalue weighted by atomic mass is 10.1.